The maximum Gasteiger partial charge on any atom is 0.280 e. The molecule has 1 atom stereocenters. The lowest BCUT2D eigenvalue weighted by Gasteiger charge is -2.12. The lowest BCUT2D eigenvalue weighted by atomic mass is 10.2. The van der Waals surface area contributed by atoms with Crippen LogP contribution in [0.1, 0.15) is 12.5 Å². The fraction of sp³-hybridized carbons (Fsp3) is 0.125. The van der Waals surface area contributed by atoms with Gasteiger partial charge in [0.2, 0.25) is 0 Å². The highest BCUT2D eigenvalue weighted by Gasteiger charge is 2.13. The Labute approximate surface area is 128 Å². The average Bonchev–Trinajstić information content (AvgIpc) is 2.50. The summed E-state index contributed by atoms with van der Waals surface area (Å²) in [6.07, 6.45) is 0.853. The summed E-state index contributed by atoms with van der Waals surface area (Å²) >= 11 is 5.98. The number of nitrogens with one attached hydrogen (secondary N) is 1. The van der Waals surface area contributed by atoms with Crippen LogP contribution in [0.2, 0.25) is 5.02 Å². The maximum atomic E-state index is 11.8. The van der Waals surface area contributed by atoms with Gasteiger partial charge in [-0.25, -0.2) is 5.43 Å². The van der Waals surface area contributed by atoms with Crippen molar-refractivity contribution in [2.24, 2.45) is 5.10 Å². The molecule has 1 amide bonds. The van der Waals surface area contributed by atoms with E-state index in [1.54, 1.807) is 25.1 Å². The molecule has 5 heteroatoms. The van der Waals surface area contributed by atoms with Crippen molar-refractivity contribution in [3.05, 3.63) is 65.2 Å². The second-order valence-electron chi connectivity index (χ2n) is 4.33. The van der Waals surface area contributed by atoms with Crippen molar-refractivity contribution in [1.82, 2.24) is 5.43 Å². The molecular weight excluding hydrogens is 288 g/mol. The molecular formula is C16H15ClN2O2. The summed E-state index contributed by atoms with van der Waals surface area (Å²) < 4.78 is 5.49. The molecule has 4 nitrogen and oxygen atoms in total. The first kappa shape index (κ1) is 15.1. The maximum absolute atomic E-state index is 11.8. The van der Waals surface area contributed by atoms with Crippen LogP contribution in [0.4, 0.5) is 0 Å². The standard InChI is InChI=1S/C16H15ClN2O2/c1-12(21-14-8-3-2-4-9-14)16(20)19-18-11-13-7-5-6-10-15(13)17/h2-12H,1H3,(H,19,20)/b18-11+/t12-/m1/s1. The van der Waals surface area contributed by atoms with Gasteiger partial charge in [0.05, 0.1) is 6.21 Å². The molecule has 0 spiro atoms. The highest BCUT2D eigenvalue weighted by atomic mass is 35.5. The highest BCUT2D eigenvalue weighted by molar-refractivity contribution is 6.33. The number of rotatable bonds is 5. The SMILES string of the molecule is C[C@@H](Oc1ccccc1)C(=O)N/N=C/c1ccccc1Cl. The lowest BCUT2D eigenvalue weighted by molar-refractivity contribution is -0.127. The molecule has 2 aromatic rings. The van der Waals surface area contributed by atoms with Gasteiger partial charge < -0.3 is 4.74 Å². The molecule has 0 saturated carbocycles. The first-order valence-electron chi connectivity index (χ1n) is 6.46. The molecule has 0 saturated heterocycles. The number of nitrogens with zero attached hydrogens (tertiary/aromatic N) is 1. The first-order chi connectivity index (χ1) is 10.2. The zero-order chi connectivity index (χ0) is 15.1. The molecule has 0 unspecified atom stereocenters. The van der Waals surface area contributed by atoms with Crippen molar-refractivity contribution in [2.75, 3.05) is 0 Å². The smallest absolute Gasteiger partial charge is 0.280 e. The molecule has 0 aliphatic carbocycles. The minimum absolute atomic E-state index is 0.331. The number of ether oxygens (including phenoxy) is 1. The van der Waals surface area contributed by atoms with Crippen LogP contribution in [0.25, 0.3) is 0 Å². The Morgan fingerprint density at radius 1 is 1.19 bits per heavy atom. The third-order valence-electron chi connectivity index (χ3n) is 2.71. The summed E-state index contributed by atoms with van der Waals surface area (Å²) in [5, 5.41) is 4.45. The first-order valence-corrected chi connectivity index (χ1v) is 6.84. The van der Waals surface area contributed by atoms with Crippen LogP contribution in [0, 0.1) is 0 Å². The zero-order valence-corrected chi connectivity index (χ0v) is 12.2. The average molecular weight is 303 g/mol. The predicted molar refractivity (Wildman–Crippen MR) is 83.7 cm³/mol. The molecule has 0 radical (unpaired) electrons. The van der Waals surface area contributed by atoms with E-state index in [1.807, 2.05) is 36.4 Å². The van der Waals surface area contributed by atoms with Gasteiger partial charge in [0.25, 0.3) is 5.91 Å². The highest BCUT2D eigenvalue weighted by Crippen LogP contribution is 2.12. The fourth-order valence-corrected chi connectivity index (χ4v) is 1.78. The Morgan fingerprint density at radius 3 is 2.57 bits per heavy atom. The number of hydrogen-bond acceptors (Lipinski definition) is 3. The van der Waals surface area contributed by atoms with Gasteiger partial charge in [0.1, 0.15) is 5.75 Å². The largest absolute Gasteiger partial charge is 0.481 e. The van der Waals surface area contributed by atoms with Gasteiger partial charge in [-0.3, -0.25) is 4.79 Å². The third-order valence-corrected chi connectivity index (χ3v) is 3.05. The Kier molecular flexibility index (Phi) is 5.35. The van der Waals surface area contributed by atoms with Crippen LogP contribution < -0.4 is 10.2 Å². The molecule has 0 heterocycles. The second kappa shape index (κ2) is 7.45. The van der Waals surface area contributed by atoms with Crippen molar-refractivity contribution in [1.29, 1.82) is 0 Å². The molecule has 108 valence electrons. The molecule has 0 aliphatic heterocycles. The molecule has 0 fully saturated rings. The quantitative estimate of drug-likeness (QED) is 0.681. The van der Waals surface area contributed by atoms with Gasteiger partial charge in [-0.1, -0.05) is 48.0 Å². The van der Waals surface area contributed by atoms with E-state index in [0.717, 1.165) is 5.56 Å². The zero-order valence-electron chi connectivity index (χ0n) is 11.5. The summed E-state index contributed by atoms with van der Waals surface area (Å²) in [7, 11) is 0. The van der Waals surface area contributed by atoms with Crippen molar-refractivity contribution in [2.45, 2.75) is 13.0 Å². The number of hydrogen-bond donors (Lipinski definition) is 1. The predicted octanol–water partition coefficient (Wildman–Crippen LogP) is 3.26. The Balaban J connectivity index is 1.88. The van der Waals surface area contributed by atoms with Crippen molar-refractivity contribution >= 4 is 23.7 Å². The number of carbonyl (C=O) groups excluding carboxylic acids is 1. The van der Waals surface area contributed by atoms with Crippen LogP contribution in [-0.2, 0) is 4.79 Å². The summed E-state index contributed by atoms with van der Waals surface area (Å²) in [6.45, 7) is 1.66. The van der Waals surface area contributed by atoms with E-state index in [4.69, 9.17) is 16.3 Å². The molecule has 21 heavy (non-hydrogen) atoms. The number of hydrazone groups is 1. The third kappa shape index (κ3) is 4.61. The van der Waals surface area contributed by atoms with Gasteiger partial charge >= 0.3 is 0 Å². The molecule has 0 aliphatic rings. The van der Waals surface area contributed by atoms with Crippen molar-refractivity contribution < 1.29 is 9.53 Å². The van der Waals surface area contributed by atoms with Crippen LogP contribution in [0.15, 0.2) is 59.7 Å². The normalized spacial score (nSPS) is 12.1. The van der Waals surface area contributed by atoms with E-state index >= 15 is 0 Å². The summed E-state index contributed by atoms with van der Waals surface area (Å²) in [4.78, 5) is 11.8. The van der Waals surface area contributed by atoms with Crippen LogP contribution >= 0.6 is 11.6 Å². The monoisotopic (exact) mass is 302 g/mol. The van der Waals surface area contributed by atoms with Crippen molar-refractivity contribution in [3.63, 3.8) is 0 Å². The molecule has 2 aromatic carbocycles. The van der Waals surface area contributed by atoms with Crippen LogP contribution in [-0.4, -0.2) is 18.2 Å². The number of amides is 1. The van der Waals surface area contributed by atoms with Gasteiger partial charge in [0.15, 0.2) is 6.10 Å². The van der Waals surface area contributed by atoms with Gasteiger partial charge in [-0.2, -0.15) is 5.10 Å². The minimum Gasteiger partial charge on any atom is -0.481 e. The van der Waals surface area contributed by atoms with Crippen molar-refractivity contribution in [3.8, 4) is 5.75 Å². The molecule has 0 bridgehead atoms. The van der Waals surface area contributed by atoms with E-state index in [0.29, 0.717) is 10.8 Å². The molecule has 1 N–H and O–H groups in total. The summed E-state index contributed by atoms with van der Waals surface area (Å²) in [5.41, 5.74) is 3.16. The van der Waals surface area contributed by atoms with E-state index in [9.17, 15) is 4.79 Å². The molecule has 0 aromatic heterocycles. The second-order valence-corrected chi connectivity index (χ2v) is 4.74. The fourth-order valence-electron chi connectivity index (χ4n) is 1.59. The van der Waals surface area contributed by atoms with Gasteiger partial charge in [0, 0.05) is 10.6 Å². The Bertz CT molecular complexity index is 629. The number of halogens is 1. The minimum atomic E-state index is -0.643. The number of carbonyl (C=O) groups is 1. The van der Waals surface area contributed by atoms with E-state index in [2.05, 4.69) is 10.5 Å². The summed E-state index contributed by atoms with van der Waals surface area (Å²) in [5.74, 6) is 0.303. The van der Waals surface area contributed by atoms with Gasteiger partial charge in [-0.15, -0.1) is 0 Å². The molecule has 2 rings (SSSR count). The number of para-hydroxylation sites is 1. The van der Waals surface area contributed by atoms with Crippen LogP contribution in [0.5, 0.6) is 5.75 Å². The van der Waals surface area contributed by atoms with E-state index < -0.39 is 6.10 Å². The Hall–Kier alpha value is -2.33. The van der Waals surface area contributed by atoms with E-state index in [-0.39, 0.29) is 5.91 Å². The van der Waals surface area contributed by atoms with Gasteiger partial charge in [-0.05, 0) is 25.1 Å². The Morgan fingerprint density at radius 2 is 1.86 bits per heavy atom. The lowest BCUT2D eigenvalue weighted by Crippen LogP contribution is -2.33. The summed E-state index contributed by atoms with van der Waals surface area (Å²) in [6, 6.07) is 16.4. The van der Waals surface area contributed by atoms with E-state index in [1.165, 1.54) is 6.21 Å². The van der Waals surface area contributed by atoms with Crippen LogP contribution in [0.3, 0.4) is 0 Å². The number of benzene rings is 2. The topological polar surface area (TPSA) is 50.7 Å².